The first kappa shape index (κ1) is 17.7. The lowest BCUT2D eigenvalue weighted by atomic mass is 10.1. The van der Waals surface area contributed by atoms with Crippen molar-refractivity contribution in [2.75, 3.05) is 42.9 Å². The number of anilines is 2. The highest BCUT2D eigenvalue weighted by Crippen LogP contribution is 2.39. The van der Waals surface area contributed by atoms with Crippen molar-refractivity contribution in [2.45, 2.75) is 45.8 Å². The number of piperazine rings is 1. The summed E-state index contributed by atoms with van der Waals surface area (Å²) in [6, 6.07) is 6.21. The molecule has 0 saturated carbocycles. The van der Waals surface area contributed by atoms with Crippen molar-refractivity contribution >= 4 is 17.5 Å². The van der Waals surface area contributed by atoms with E-state index in [1.807, 2.05) is 20.8 Å². The summed E-state index contributed by atoms with van der Waals surface area (Å²) >= 11 is 0. The van der Waals surface area contributed by atoms with Crippen LogP contribution in [-0.2, 0) is 4.74 Å². The van der Waals surface area contributed by atoms with Gasteiger partial charge in [0, 0.05) is 26.2 Å². The van der Waals surface area contributed by atoms with Gasteiger partial charge in [0.05, 0.1) is 17.9 Å². The molecule has 1 N–H and O–H groups in total. The minimum absolute atomic E-state index is 0.205. The van der Waals surface area contributed by atoms with E-state index in [4.69, 9.17) is 9.47 Å². The smallest absolute Gasteiger partial charge is 0.410 e. The van der Waals surface area contributed by atoms with E-state index < -0.39 is 5.60 Å². The van der Waals surface area contributed by atoms with E-state index in [-0.39, 0.29) is 12.2 Å². The van der Waals surface area contributed by atoms with Crippen molar-refractivity contribution in [3.63, 3.8) is 0 Å². The lowest BCUT2D eigenvalue weighted by Gasteiger charge is -2.38. The molecule has 1 aromatic rings. The lowest BCUT2D eigenvalue weighted by molar-refractivity contribution is 0.0240. The summed E-state index contributed by atoms with van der Waals surface area (Å²) in [5.41, 5.74) is 1.70. The van der Waals surface area contributed by atoms with E-state index in [1.54, 1.807) is 4.90 Å². The highest BCUT2D eigenvalue weighted by atomic mass is 16.6. The number of fused-ring (bicyclic) bond motifs is 1. The van der Waals surface area contributed by atoms with E-state index in [9.17, 15) is 4.79 Å². The maximum atomic E-state index is 12.2. The molecule has 0 aliphatic carbocycles. The van der Waals surface area contributed by atoms with Gasteiger partial charge in [0.1, 0.15) is 11.7 Å². The molecule has 0 spiro atoms. The molecule has 25 heavy (non-hydrogen) atoms. The van der Waals surface area contributed by atoms with Crippen molar-refractivity contribution in [3.05, 3.63) is 18.2 Å². The predicted octanol–water partition coefficient (Wildman–Crippen LogP) is 3.33. The Balaban J connectivity index is 1.67. The van der Waals surface area contributed by atoms with Crippen molar-refractivity contribution < 1.29 is 14.3 Å². The van der Waals surface area contributed by atoms with Crippen LogP contribution in [0.25, 0.3) is 0 Å². The number of amides is 1. The molecule has 2 aliphatic heterocycles. The van der Waals surface area contributed by atoms with Gasteiger partial charge in [-0.2, -0.15) is 0 Å². The summed E-state index contributed by atoms with van der Waals surface area (Å²) in [7, 11) is 0. The van der Waals surface area contributed by atoms with Crippen LogP contribution >= 0.6 is 0 Å². The second-order valence-corrected chi connectivity index (χ2v) is 7.64. The third-order valence-corrected chi connectivity index (χ3v) is 4.53. The number of nitrogens with one attached hydrogen (secondary N) is 1. The monoisotopic (exact) mass is 347 g/mol. The van der Waals surface area contributed by atoms with Crippen LogP contribution in [-0.4, -0.2) is 55.4 Å². The fourth-order valence-corrected chi connectivity index (χ4v) is 3.15. The minimum atomic E-state index is -0.457. The standard InChI is InChI=1S/C19H29N3O3/c1-5-14-13-20-15-7-6-8-16(17(15)24-14)21-9-11-22(12-10-21)18(23)25-19(2,3)4/h6-8,14,20H,5,9-13H2,1-4H3. The largest absolute Gasteiger partial charge is 0.484 e. The van der Waals surface area contributed by atoms with Crippen molar-refractivity contribution in [1.29, 1.82) is 0 Å². The van der Waals surface area contributed by atoms with Crippen molar-refractivity contribution in [2.24, 2.45) is 0 Å². The lowest BCUT2D eigenvalue weighted by Crippen LogP contribution is -2.50. The first-order valence-electron chi connectivity index (χ1n) is 9.14. The Hall–Kier alpha value is -2.11. The number of carbonyl (C=O) groups excluding carboxylic acids is 1. The molecule has 6 heteroatoms. The van der Waals surface area contributed by atoms with Gasteiger partial charge in [0.15, 0.2) is 5.75 Å². The van der Waals surface area contributed by atoms with Gasteiger partial charge in [0.25, 0.3) is 0 Å². The molecular formula is C19H29N3O3. The first-order valence-corrected chi connectivity index (χ1v) is 9.14. The number of para-hydroxylation sites is 1. The zero-order valence-corrected chi connectivity index (χ0v) is 15.7. The molecule has 1 unspecified atom stereocenters. The third-order valence-electron chi connectivity index (χ3n) is 4.53. The minimum Gasteiger partial charge on any atom is -0.484 e. The van der Waals surface area contributed by atoms with Gasteiger partial charge in [-0.1, -0.05) is 13.0 Å². The van der Waals surface area contributed by atoms with Crippen LogP contribution in [0.3, 0.4) is 0 Å². The van der Waals surface area contributed by atoms with Crippen LogP contribution in [0.1, 0.15) is 34.1 Å². The fourth-order valence-electron chi connectivity index (χ4n) is 3.15. The van der Waals surface area contributed by atoms with Gasteiger partial charge in [-0.15, -0.1) is 0 Å². The van der Waals surface area contributed by atoms with Gasteiger partial charge in [-0.3, -0.25) is 0 Å². The molecule has 138 valence electrons. The van der Waals surface area contributed by atoms with Crippen LogP contribution in [0.5, 0.6) is 5.75 Å². The number of nitrogens with zero attached hydrogens (tertiary/aromatic N) is 2. The average Bonchev–Trinajstić information content (AvgIpc) is 2.59. The summed E-state index contributed by atoms with van der Waals surface area (Å²) in [6.07, 6.45) is 0.954. The Bertz CT molecular complexity index is 619. The van der Waals surface area contributed by atoms with Gasteiger partial charge in [0.2, 0.25) is 0 Å². The second kappa shape index (κ2) is 7.02. The summed E-state index contributed by atoms with van der Waals surface area (Å²) in [5.74, 6) is 0.936. The molecule has 1 saturated heterocycles. The fraction of sp³-hybridized carbons (Fsp3) is 0.632. The SMILES string of the molecule is CCC1CNc2cccc(N3CCN(C(=O)OC(C)(C)C)CC3)c2O1. The predicted molar refractivity (Wildman–Crippen MR) is 99.7 cm³/mol. The molecule has 0 radical (unpaired) electrons. The number of benzene rings is 1. The van der Waals surface area contributed by atoms with Crippen LogP contribution < -0.4 is 15.0 Å². The highest BCUT2D eigenvalue weighted by Gasteiger charge is 2.28. The van der Waals surface area contributed by atoms with E-state index in [1.165, 1.54) is 0 Å². The normalized spacial score (nSPS) is 20.4. The molecule has 2 aliphatic rings. The second-order valence-electron chi connectivity index (χ2n) is 7.64. The Morgan fingerprint density at radius 1 is 1.28 bits per heavy atom. The zero-order chi connectivity index (χ0) is 18.0. The van der Waals surface area contributed by atoms with Crippen LogP contribution in [0.2, 0.25) is 0 Å². The van der Waals surface area contributed by atoms with E-state index in [0.29, 0.717) is 13.1 Å². The van der Waals surface area contributed by atoms with Crippen molar-refractivity contribution in [1.82, 2.24) is 4.90 Å². The Morgan fingerprint density at radius 3 is 2.64 bits per heavy atom. The van der Waals surface area contributed by atoms with E-state index in [0.717, 1.165) is 43.2 Å². The van der Waals surface area contributed by atoms with Gasteiger partial charge in [-0.05, 0) is 39.3 Å². The molecule has 1 fully saturated rings. The number of ether oxygens (including phenoxy) is 2. The molecular weight excluding hydrogens is 318 g/mol. The molecule has 1 amide bonds. The Kier molecular flexibility index (Phi) is 4.97. The van der Waals surface area contributed by atoms with Gasteiger partial charge in [-0.25, -0.2) is 4.79 Å². The van der Waals surface area contributed by atoms with Crippen molar-refractivity contribution in [3.8, 4) is 5.75 Å². The average molecular weight is 347 g/mol. The van der Waals surface area contributed by atoms with E-state index in [2.05, 4.69) is 35.3 Å². The summed E-state index contributed by atoms with van der Waals surface area (Å²) in [5, 5.41) is 3.46. The molecule has 3 rings (SSSR count). The van der Waals surface area contributed by atoms with Crippen LogP contribution in [0.4, 0.5) is 16.2 Å². The highest BCUT2D eigenvalue weighted by molar-refractivity contribution is 5.74. The maximum Gasteiger partial charge on any atom is 0.410 e. The zero-order valence-electron chi connectivity index (χ0n) is 15.7. The first-order chi connectivity index (χ1) is 11.9. The molecule has 1 atom stereocenters. The molecule has 2 heterocycles. The van der Waals surface area contributed by atoms with E-state index >= 15 is 0 Å². The summed E-state index contributed by atoms with van der Waals surface area (Å²) < 4.78 is 11.7. The Morgan fingerprint density at radius 2 is 2.00 bits per heavy atom. The molecule has 6 nitrogen and oxygen atoms in total. The quantitative estimate of drug-likeness (QED) is 0.889. The number of hydrogen-bond donors (Lipinski definition) is 1. The topological polar surface area (TPSA) is 54.0 Å². The number of hydrogen-bond acceptors (Lipinski definition) is 5. The van der Waals surface area contributed by atoms with Gasteiger partial charge < -0.3 is 24.6 Å². The Labute approximate surface area is 150 Å². The summed E-state index contributed by atoms with van der Waals surface area (Å²) in [4.78, 5) is 16.3. The van der Waals surface area contributed by atoms with Crippen LogP contribution in [0, 0.1) is 0 Å². The summed E-state index contributed by atoms with van der Waals surface area (Å²) in [6.45, 7) is 11.5. The van der Waals surface area contributed by atoms with Gasteiger partial charge >= 0.3 is 6.09 Å². The number of rotatable bonds is 2. The molecule has 1 aromatic carbocycles. The third kappa shape index (κ3) is 4.11. The molecule has 0 aromatic heterocycles. The molecule has 0 bridgehead atoms. The van der Waals surface area contributed by atoms with Crippen LogP contribution in [0.15, 0.2) is 18.2 Å². The maximum absolute atomic E-state index is 12.2. The number of carbonyl (C=O) groups is 1.